The predicted molar refractivity (Wildman–Crippen MR) is 74.7 cm³/mol. The smallest absolute Gasteiger partial charge is 0.161 e. The molecule has 1 unspecified atom stereocenters. The fourth-order valence-electron chi connectivity index (χ4n) is 2.22. The molecule has 1 saturated heterocycles. The van der Waals surface area contributed by atoms with Crippen LogP contribution in [0, 0.1) is 5.92 Å². The summed E-state index contributed by atoms with van der Waals surface area (Å²) >= 11 is 5.03. The van der Waals surface area contributed by atoms with Gasteiger partial charge < -0.3 is 15.4 Å². The third kappa shape index (κ3) is 3.14. The fourth-order valence-corrected chi connectivity index (χ4v) is 2.38. The monoisotopic (exact) mass is 266 g/mol. The highest BCUT2D eigenvalue weighted by Gasteiger charge is 2.19. The maximum atomic E-state index is 5.70. The van der Waals surface area contributed by atoms with Crippen LogP contribution in [0.3, 0.4) is 0 Å². The quantitative estimate of drug-likeness (QED) is 0.819. The summed E-state index contributed by atoms with van der Waals surface area (Å²) in [5, 5.41) is 8.04. The second-order valence-electron chi connectivity index (χ2n) is 4.60. The predicted octanol–water partition coefficient (Wildman–Crippen LogP) is 0.974. The number of anilines is 1. The summed E-state index contributed by atoms with van der Waals surface area (Å²) in [6.07, 6.45) is 3.92. The first-order valence-electron chi connectivity index (χ1n) is 6.09. The van der Waals surface area contributed by atoms with E-state index in [1.54, 1.807) is 12.3 Å². The number of hydrogen-bond donors (Lipinski definition) is 1. The van der Waals surface area contributed by atoms with E-state index in [4.69, 9.17) is 22.7 Å². The maximum Gasteiger partial charge on any atom is 0.161 e. The molecule has 2 heterocycles. The average Bonchev–Trinajstić information content (AvgIpc) is 2.40. The zero-order valence-corrected chi connectivity index (χ0v) is 11.3. The molecule has 0 amide bonds. The van der Waals surface area contributed by atoms with Crippen LogP contribution in [0.15, 0.2) is 12.3 Å². The second kappa shape index (κ2) is 6.06. The van der Waals surface area contributed by atoms with Crippen molar-refractivity contribution < 1.29 is 4.74 Å². The molecule has 1 aliphatic rings. The Morgan fingerprint density at radius 3 is 3.17 bits per heavy atom. The molecule has 2 N–H and O–H groups in total. The van der Waals surface area contributed by atoms with E-state index in [9.17, 15) is 0 Å². The summed E-state index contributed by atoms with van der Waals surface area (Å²) in [7, 11) is 1.99. The van der Waals surface area contributed by atoms with Crippen molar-refractivity contribution in [1.82, 2.24) is 10.2 Å². The molecular weight excluding hydrogens is 248 g/mol. The number of nitrogens with two attached hydrogens (primary N) is 1. The van der Waals surface area contributed by atoms with Crippen LogP contribution in [0.2, 0.25) is 0 Å². The summed E-state index contributed by atoms with van der Waals surface area (Å²) in [5.41, 5.74) is 6.47. The van der Waals surface area contributed by atoms with Gasteiger partial charge in [-0.05, 0) is 24.8 Å². The average molecular weight is 266 g/mol. The van der Waals surface area contributed by atoms with Crippen LogP contribution >= 0.6 is 12.2 Å². The van der Waals surface area contributed by atoms with Crippen molar-refractivity contribution in [2.45, 2.75) is 12.8 Å². The van der Waals surface area contributed by atoms with Crippen molar-refractivity contribution in [3.05, 3.63) is 17.8 Å². The van der Waals surface area contributed by atoms with Gasteiger partial charge in [-0.25, -0.2) is 0 Å². The first-order valence-corrected chi connectivity index (χ1v) is 6.49. The largest absolute Gasteiger partial charge is 0.389 e. The van der Waals surface area contributed by atoms with Gasteiger partial charge in [0.25, 0.3) is 0 Å². The maximum absolute atomic E-state index is 5.70. The third-order valence-corrected chi connectivity index (χ3v) is 3.33. The fraction of sp³-hybridized carbons (Fsp3) is 0.583. The molecule has 18 heavy (non-hydrogen) atoms. The zero-order valence-electron chi connectivity index (χ0n) is 10.5. The molecule has 0 saturated carbocycles. The Labute approximate surface area is 112 Å². The van der Waals surface area contributed by atoms with Gasteiger partial charge >= 0.3 is 0 Å². The first kappa shape index (κ1) is 13.2. The molecule has 1 aromatic heterocycles. The minimum atomic E-state index is 0.353. The Balaban J connectivity index is 2.08. The van der Waals surface area contributed by atoms with Crippen molar-refractivity contribution in [2.24, 2.45) is 11.7 Å². The van der Waals surface area contributed by atoms with E-state index in [0.717, 1.165) is 37.6 Å². The molecular formula is C12H18N4OS. The highest BCUT2D eigenvalue weighted by Crippen LogP contribution is 2.19. The molecule has 0 spiro atoms. The molecule has 6 heteroatoms. The molecule has 1 aromatic rings. The lowest BCUT2D eigenvalue weighted by molar-refractivity contribution is 0.0576. The first-order chi connectivity index (χ1) is 8.68. The number of rotatable bonds is 4. The van der Waals surface area contributed by atoms with E-state index < -0.39 is 0 Å². The molecule has 0 aliphatic carbocycles. The Morgan fingerprint density at radius 1 is 1.67 bits per heavy atom. The van der Waals surface area contributed by atoms with Crippen LogP contribution in [0.5, 0.6) is 0 Å². The van der Waals surface area contributed by atoms with E-state index in [1.807, 2.05) is 7.05 Å². The van der Waals surface area contributed by atoms with E-state index in [-0.39, 0.29) is 0 Å². The molecule has 1 fully saturated rings. The highest BCUT2D eigenvalue weighted by atomic mass is 32.1. The second-order valence-corrected chi connectivity index (χ2v) is 5.04. The Bertz CT molecular complexity index is 420. The van der Waals surface area contributed by atoms with Crippen LogP contribution in [0.1, 0.15) is 18.4 Å². The minimum Gasteiger partial charge on any atom is -0.389 e. The molecule has 0 radical (unpaired) electrons. The number of thiocarbonyl (C=S) groups is 1. The summed E-state index contributed by atoms with van der Waals surface area (Å²) in [6, 6.07) is 1.80. The number of ether oxygens (including phenoxy) is 1. The van der Waals surface area contributed by atoms with Crippen LogP contribution in [-0.4, -0.2) is 42.0 Å². The van der Waals surface area contributed by atoms with Crippen molar-refractivity contribution in [2.75, 3.05) is 31.7 Å². The third-order valence-electron chi connectivity index (χ3n) is 3.11. The van der Waals surface area contributed by atoms with Crippen LogP contribution in [0.25, 0.3) is 0 Å². The van der Waals surface area contributed by atoms with Gasteiger partial charge in [-0.3, -0.25) is 0 Å². The number of aromatic nitrogens is 2. The summed E-state index contributed by atoms with van der Waals surface area (Å²) in [4.78, 5) is 2.41. The van der Waals surface area contributed by atoms with Gasteiger partial charge in [-0.1, -0.05) is 12.2 Å². The Kier molecular flexibility index (Phi) is 4.43. The van der Waals surface area contributed by atoms with Gasteiger partial charge in [0.15, 0.2) is 5.82 Å². The van der Waals surface area contributed by atoms with Gasteiger partial charge in [0, 0.05) is 20.2 Å². The lowest BCUT2D eigenvalue weighted by atomic mass is 10.0. The van der Waals surface area contributed by atoms with Crippen LogP contribution in [-0.2, 0) is 4.74 Å². The van der Waals surface area contributed by atoms with Crippen molar-refractivity contribution >= 4 is 23.0 Å². The van der Waals surface area contributed by atoms with Gasteiger partial charge in [0.1, 0.15) is 4.99 Å². The van der Waals surface area contributed by atoms with Crippen LogP contribution < -0.4 is 10.6 Å². The molecule has 0 aromatic carbocycles. The molecule has 5 nitrogen and oxygen atoms in total. The minimum absolute atomic E-state index is 0.353. The number of hydrogen-bond acceptors (Lipinski definition) is 5. The molecule has 1 aliphatic heterocycles. The molecule has 0 bridgehead atoms. The van der Waals surface area contributed by atoms with Crippen molar-refractivity contribution in [1.29, 1.82) is 0 Å². The van der Waals surface area contributed by atoms with E-state index in [0.29, 0.717) is 10.9 Å². The van der Waals surface area contributed by atoms with Gasteiger partial charge in [-0.2, -0.15) is 5.10 Å². The highest BCUT2D eigenvalue weighted by molar-refractivity contribution is 7.80. The van der Waals surface area contributed by atoms with Gasteiger partial charge in [0.05, 0.1) is 18.4 Å². The SMILES string of the molecule is CN(CC1CCCOC1)c1nnccc1C(N)=S. The molecule has 1 atom stereocenters. The lowest BCUT2D eigenvalue weighted by Gasteiger charge is -2.28. The zero-order chi connectivity index (χ0) is 13.0. The Hall–Kier alpha value is -1.27. The number of nitrogens with zero attached hydrogens (tertiary/aromatic N) is 3. The van der Waals surface area contributed by atoms with Crippen molar-refractivity contribution in [3.8, 4) is 0 Å². The van der Waals surface area contributed by atoms with E-state index >= 15 is 0 Å². The normalized spacial score (nSPS) is 19.5. The van der Waals surface area contributed by atoms with Gasteiger partial charge in [0.2, 0.25) is 0 Å². The topological polar surface area (TPSA) is 64.3 Å². The summed E-state index contributed by atoms with van der Waals surface area (Å²) < 4.78 is 5.48. The van der Waals surface area contributed by atoms with Crippen LogP contribution in [0.4, 0.5) is 5.82 Å². The summed E-state index contributed by atoms with van der Waals surface area (Å²) in [5.74, 6) is 1.28. The lowest BCUT2D eigenvalue weighted by Crippen LogP contribution is -2.32. The van der Waals surface area contributed by atoms with Gasteiger partial charge in [-0.15, -0.1) is 5.10 Å². The standard InChI is InChI=1S/C12H18N4OS/c1-16(7-9-3-2-6-17-8-9)12-10(11(13)18)4-5-14-15-12/h4-5,9H,2-3,6-8H2,1H3,(H2,13,18). The van der Waals surface area contributed by atoms with E-state index in [2.05, 4.69) is 15.1 Å². The summed E-state index contributed by atoms with van der Waals surface area (Å²) in [6.45, 7) is 2.57. The van der Waals surface area contributed by atoms with Crippen molar-refractivity contribution in [3.63, 3.8) is 0 Å². The van der Waals surface area contributed by atoms with E-state index in [1.165, 1.54) is 6.42 Å². The molecule has 98 valence electrons. The molecule has 2 rings (SSSR count). The Morgan fingerprint density at radius 2 is 2.50 bits per heavy atom.